The number of hydrogen-bond donors (Lipinski definition) is 1. The molecule has 1 aromatic rings. The molecular formula is C17H31N3O. The molecule has 3 unspecified atom stereocenters. The Morgan fingerprint density at radius 3 is 2.71 bits per heavy atom. The van der Waals surface area contributed by atoms with Gasteiger partial charge in [-0.1, -0.05) is 34.1 Å². The van der Waals surface area contributed by atoms with Gasteiger partial charge in [-0.05, 0) is 43.9 Å². The third-order valence-corrected chi connectivity index (χ3v) is 4.79. The highest BCUT2D eigenvalue weighted by Crippen LogP contribution is 2.37. The molecule has 1 aromatic heterocycles. The Hall–Kier alpha value is -1.19. The molecular weight excluding hydrogens is 262 g/mol. The van der Waals surface area contributed by atoms with Crippen LogP contribution in [-0.2, 0) is 6.54 Å². The first-order chi connectivity index (χ1) is 9.93. The predicted molar refractivity (Wildman–Crippen MR) is 87.4 cm³/mol. The number of aromatic nitrogens is 2. The van der Waals surface area contributed by atoms with Gasteiger partial charge >= 0.3 is 0 Å². The SMILES string of the molecule is CCCn1nc(C)c(N)c1OC1CC(C)CCC1C(C)C. The molecule has 1 heterocycles. The Balaban J connectivity index is 2.22. The first kappa shape index (κ1) is 16.2. The highest BCUT2D eigenvalue weighted by molar-refractivity contribution is 5.52. The van der Waals surface area contributed by atoms with Gasteiger partial charge in [-0.3, -0.25) is 0 Å². The lowest BCUT2D eigenvalue weighted by Crippen LogP contribution is -2.37. The van der Waals surface area contributed by atoms with E-state index in [1.165, 1.54) is 12.8 Å². The fourth-order valence-corrected chi connectivity index (χ4v) is 3.46. The van der Waals surface area contributed by atoms with Crippen LogP contribution in [0.2, 0.25) is 0 Å². The first-order valence-corrected chi connectivity index (χ1v) is 8.43. The summed E-state index contributed by atoms with van der Waals surface area (Å²) in [6.45, 7) is 11.9. The summed E-state index contributed by atoms with van der Waals surface area (Å²) in [5, 5.41) is 4.52. The fraction of sp³-hybridized carbons (Fsp3) is 0.824. The van der Waals surface area contributed by atoms with Crippen molar-refractivity contribution < 1.29 is 4.74 Å². The summed E-state index contributed by atoms with van der Waals surface area (Å²) < 4.78 is 8.36. The van der Waals surface area contributed by atoms with Crippen molar-refractivity contribution in [3.8, 4) is 5.88 Å². The van der Waals surface area contributed by atoms with Crippen molar-refractivity contribution in [1.29, 1.82) is 0 Å². The number of hydrogen-bond acceptors (Lipinski definition) is 3. The maximum atomic E-state index is 6.41. The number of anilines is 1. The molecule has 0 saturated heterocycles. The van der Waals surface area contributed by atoms with Gasteiger partial charge in [-0.25, -0.2) is 4.68 Å². The number of aryl methyl sites for hydroxylation is 2. The van der Waals surface area contributed by atoms with Gasteiger partial charge in [0.25, 0.3) is 0 Å². The molecule has 1 aliphatic rings. The molecule has 1 fully saturated rings. The van der Waals surface area contributed by atoms with Crippen LogP contribution in [0.5, 0.6) is 5.88 Å². The highest BCUT2D eigenvalue weighted by Gasteiger charge is 2.33. The Morgan fingerprint density at radius 1 is 1.38 bits per heavy atom. The lowest BCUT2D eigenvalue weighted by molar-refractivity contribution is 0.0393. The van der Waals surface area contributed by atoms with Crippen LogP contribution in [0.15, 0.2) is 0 Å². The first-order valence-electron chi connectivity index (χ1n) is 8.43. The third kappa shape index (κ3) is 3.53. The van der Waals surface area contributed by atoms with Crippen LogP contribution in [0.1, 0.15) is 59.1 Å². The number of nitrogens with two attached hydrogens (primary N) is 1. The van der Waals surface area contributed by atoms with Crippen molar-refractivity contribution in [2.45, 2.75) is 73.0 Å². The van der Waals surface area contributed by atoms with E-state index in [0.717, 1.165) is 36.9 Å². The fourth-order valence-electron chi connectivity index (χ4n) is 3.46. The van der Waals surface area contributed by atoms with Crippen molar-refractivity contribution in [2.24, 2.45) is 17.8 Å². The summed E-state index contributed by atoms with van der Waals surface area (Å²) in [4.78, 5) is 0. The summed E-state index contributed by atoms with van der Waals surface area (Å²) in [6, 6.07) is 0. The van der Waals surface area contributed by atoms with Gasteiger partial charge in [0.05, 0.1) is 5.69 Å². The molecule has 1 aliphatic carbocycles. The van der Waals surface area contributed by atoms with Gasteiger partial charge < -0.3 is 10.5 Å². The minimum absolute atomic E-state index is 0.266. The molecule has 4 heteroatoms. The minimum Gasteiger partial charge on any atom is -0.473 e. The van der Waals surface area contributed by atoms with E-state index in [1.807, 2.05) is 11.6 Å². The average Bonchev–Trinajstić information content (AvgIpc) is 2.67. The summed E-state index contributed by atoms with van der Waals surface area (Å²) in [5.74, 6) is 2.78. The maximum absolute atomic E-state index is 6.41. The second-order valence-electron chi connectivity index (χ2n) is 7.01. The molecule has 0 radical (unpaired) electrons. The van der Waals surface area contributed by atoms with E-state index in [0.29, 0.717) is 17.5 Å². The van der Waals surface area contributed by atoms with Crippen molar-refractivity contribution in [3.63, 3.8) is 0 Å². The van der Waals surface area contributed by atoms with Crippen molar-refractivity contribution >= 4 is 5.69 Å². The Bertz CT molecular complexity index is 467. The van der Waals surface area contributed by atoms with E-state index in [9.17, 15) is 0 Å². The van der Waals surface area contributed by atoms with Gasteiger partial charge in [0.2, 0.25) is 5.88 Å². The molecule has 0 bridgehead atoms. The smallest absolute Gasteiger partial charge is 0.236 e. The van der Waals surface area contributed by atoms with E-state index >= 15 is 0 Å². The Kier molecular flexibility index (Phi) is 5.17. The number of nitrogens with zero attached hydrogens (tertiary/aromatic N) is 2. The zero-order valence-electron chi connectivity index (χ0n) is 14.2. The lowest BCUT2D eigenvalue weighted by atomic mass is 9.75. The summed E-state index contributed by atoms with van der Waals surface area (Å²) in [7, 11) is 0. The lowest BCUT2D eigenvalue weighted by Gasteiger charge is -2.37. The predicted octanol–water partition coefficient (Wildman–Crippen LogP) is 4.02. The molecule has 4 nitrogen and oxygen atoms in total. The second-order valence-corrected chi connectivity index (χ2v) is 7.01. The van der Waals surface area contributed by atoms with Crippen molar-refractivity contribution in [3.05, 3.63) is 5.69 Å². The van der Waals surface area contributed by atoms with Crippen LogP contribution < -0.4 is 10.5 Å². The molecule has 3 atom stereocenters. The zero-order valence-corrected chi connectivity index (χ0v) is 14.2. The minimum atomic E-state index is 0.266. The highest BCUT2D eigenvalue weighted by atomic mass is 16.5. The monoisotopic (exact) mass is 293 g/mol. The molecule has 0 aliphatic heterocycles. The second kappa shape index (κ2) is 6.71. The zero-order chi connectivity index (χ0) is 15.6. The molecule has 0 amide bonds. The summed E-state index contributed by atoms with van der Waals surface area (Å²) >= 11 is 0. The van der Waals surface area contributed by atoms with Gasteiger partial charge in [0, 0.05) is 6.54 Å². The van der Waals surface area contributed by atoms with E-state index in [1.54, 1.807) is 0 Å². The summed E-state index contributed by atoms with van der Waals surface area (Å²) in [6.07, 6.45) is 4.99. The number of ether oxygens (including phenoxy) is 1. The van der Waals surface area contributed by atoms with E-state index in [2.05, 4.69) is 32.8 Å². The number of nitrogen functional groups attached to an aromatic ring is 1. The number of rotatable bonds is 5. The van der Waals surface area contributed by atoms with E-state index in [-0.39, 0.29) is 6.10 Å². The quantitative estimate of drug-likeness (QED) is 0.892. The van der Waals surface area contributed by atoms with Crippen LogP contribution in [0, 0.1) is 24.7 Å². The molecule has 21 heavy (non-hydrogen) atoms. The molecule has 2 rings (SSSR count). The molecule has 120 valence electrons. The van der Waals surface area contributed by atoms with Crippen LogP contribution in [-0.4, -0.2) is 15.9 Å². The molecule has 2 N–H and O–H groups in total. The van der Waals surface area contributed by atoms with Crippen LogP contribution in [0.3, 0.4) is 0 Å². The van der Waals surface area contributed by atoms with E-state index in [4.69, 9.17) is 10.5 Å². The van der Waals surface area contributed by atoms with E-state index < -0.39 is 0 Å². The third-order valence-electron chi connectivity index (χ3n) is 4.79. The van der Waals surface area contributed by atoms with Gasteiger partial charge in [-0.2, -0.15) is 5.10 Å². The molecule has 0 aromatic carbocycles. The molecule has 0 spiro atoms. The topological polar surface area (TPSA) is 53.1 Å². The summed E-state index contributed by atoms with van der Waals surface area (Å²) in [5.41, 5.74) is 7.79. The van der Waals surface area contributed by atoms with Gasteiger partial charge in [0.1, 0.15) is 11.8 Å². The van der Waals surface area contributed by atoms with Crippen LogP contribution in [0.4, 0.5) is 5.69 Å². The Labute approximate surface area is 129 Å². The standard InChI is InChI=1S/C17H31N3O/c1-6-9-20-17(16(18)13(5)19-20)21-15-10-12(4)7-8-14(15)11(2)3/h11-12,14-15H,6-10,18H2,1-5H3. The average molecular weight is 293 g/mol. The van der Waals surface area contributed by atoms with Crippen LogP contribution >= 0.6 is 0 Å². The normalized spacial score (nSPS) is 26.3. The maximum Gasteiger partial charge on any atom is 0.236 e. The van der Waals surface area contributed by atoms with Crippen molar-refractivity contribution in [1.82, 2.24) is 9.78 Å². The largest absolute Gasteiger partial charge is 0.473 e. The van der Waals surface area contributed by atoms with Crippen LogP contribution in [0.25, 0.3) is 0 Å². The van der Waals surface area contributed by atoms with Gasteiger partial charge in [0.15, 0.2) is 0 Å². The van der Waals surface area contributed by atoms with Gasteiger partial charge in [-0.15, -0.1) is 0 Å². The molecule has 1 saturated carbocycles. The Morgan fingerprint density at radius 2 is 2.10 bits per heavy atom. The van der Waals surface area contributed by atoms with Crippen molar-refractivity contribution in [2.75, 3.05) is 5.73 Å².